The molecule has 0 saturated carbocycles. The number of esters is 3. The highest BCUT2D eigenvalue weighted by atomic mass is 16.6. The number of rotatable bonds is 47. The number of ether oxygens (including phenoxy) is 3. The summed E-state index contributed by atoms with van der Waals surface area (Å²) in [4.78, 5) is 37.9. The Balaban J connectivity index is 4.25. The van der Waals surface area contributed by atoms with Crippen LogP contribution in [0.4, 0.5) is 0 Å². The lowest BCUT2D eigenvalue weighted by molar-refractivity contribution is -0.167. The predicted molar refractivity (Wildman–Crippen MR) is 256 cm³/mol. The molecule has 0 spiro atoms. The lowest BCUT2D eigenvalue weighted by atomic mass is 10.0. The summed E-state index contributed by atoms with van der Waals surface area (Å²) < 4.78 is 16.8. The Bertz CT molecular complexity index is 929. The van der Waals surface area contributed by atoms with Gasteiger partial charge in [0.2, 0.25) is 0 Å². The van der Waals surface area contributed by atoms with Gasteiger partial charge >= 0.3 is 17.9 Å². The average molecular weight is 849 g/mol. The fourth-order valence-corrected chi connectivity index (χ4v) is 8.12. The third kappa shape index (κ3) is 47.5. The summed E-state index contributed by atoms with van der Waals surface area (Å²) in [6.45, 7) is 13.7. The topological polar surface area (TPSA) is 78.9 Å². The van der Waals surface area contributed by atoms with E-state index >= 15 is 0 Å². The van der Waals surface area contributed by atoms with Crippen molar-refractivity contribution < 1.29 is 28.6 Å². The average Bonchev–Trinajstić information content (AvgIpc) is 3.20. The molecule has 0 fully saturated rings. The molecule has 356 valence electrons. The number of hydrogen-bond donors (Lipinski definition) is 0. The summed E-state index contributed by atoms with van der Waals surface area (Å²) in [5, 5.41) is 0. The monoisotopic (exact) mass is 849 g/mol. The molecule has 0 amide bonds. The Hall–Kier alpha value is -1.59. The first kappa shape index (κ1) is 58.4. The summed E-state index contributed by atoms with van der Waals surface area (Å²) >= 11 is 0. The Kier molecular flexibility index (Phi) is 44.2. The maximum atomic E-state index is 12.8. The smallest absolute Gasteiger partial charge is 0.306 e. The summed E-state index contributed by atoms with van der Waals surface area (Å²) in [5.74, 6) is 1.59. The second-order valence-corrected chi connectivity index (χ2v) is 19.9. The molecule has 0 aromatic heterocycles. The molecule has 0 aliphatic rings. The molecule has 0 aliphatic heterocycles. The van der Waals surface area contributed by atoms with E-state index in [0.717, 1.165) is 75.5 Å². The van der Waals surface area contributed by atoms with Crippen molar-refractivity contribution in [2.24, 2.45) is 17.8 Å². The number of carbonyl (C=O) groups excluding carboxylic acids is 3. The lowest BCUT2D eigenvalue weighted by Gasteiger charge is -2.18. The summed E-state index contributed by atoms with van der Waals surface area (Å²) in [5.41, 5.74) is 0. The van der Waals surface area contributed by atoms with Crippen molar-refractivity contribution in [2.75, 3.05) is 13.2 Å². The largest absolute Gasteiger partial charge is 0.462 e. The molecule has 0 heterocycles. The van der Waals surface area contributed by atoms with Gasteiger partial charge in [0.1, 0.15) is 13.2 Å². The van der Waals surface area contributed by atoms with Crippen LogP contribution in [-0.4, -0.2) is 37.2 Å². The number of carbonyl (C=O) groups is 3. The zero-order valence-electron chi connectivity index (χ0n) is 41.3. The number of hydrogen-bond acceptors (Lipinski definition) is 6. The van der Waals surface area contributed by atoms with E-state index in [-0.39, 0.29) is 31.1 Å². The Morgan fingerprint density at radius 1 is 0.283 bits per heavy atom. The van der Waals surface area contributed by atoms with Crippen molar-refractivity contribution >= 4 is 17.9 Å². The highest BCUT2D eigenvalue weighted by molar-refractivity contribution is 5.71. The molecule has 0 rings (SSSR count). The molecule has 0 radical (unpaired) electrons. The van der Waals surface area contributed by atoms with Crippen molar-refractivity contribution in [1.29, 1.82) is 0 Å². The molecule has 0 aliphatic carbocycles. The minimum atomic E-state index is -0.763. The molecule has 1 atom stereocenters. The van der Waals surface area contributed by atoms with Gasteiger partial charge in [0.25, 0.3) is 0 Å². The summed E-state index contributed by atoms with van der Waals surface area (Å²) in [6, 6.07) is 0. The molecule has 60 heavy (non-hydrogen) atoms. The lowest BCUT2D eigenvalue weighted by Crippen LogP contribution is -2.30. The van der Waals surface area contributed by atoms with Crippen LogP contribution in [0.5, 0.6) is 0 Å². The van der Waals surface area contributed by atoms with E-state index in [9.17, 15) is 14.4 Å². The SMILES string of the molecule is CC(C)CCCCCCCCCCCCCCCCC(=O)OC[C@@H](COC(=O)CCCCCCCCC(C)C)OC(=O)CCCCCCCCCCCCCCCC(C)C. The van der Waals surface area contributed by atoms with Gasteiger partial charge in [0.05, 0.1) is 0 Å². The highest BCUT2D eigenvalue weighted by Crippen LogP contribution is 2.18. The Labute approximate surface area is 374 Å². The van der Waals surface area contributed by atoms with E-state index in [1.165, 1.54) is 173 Å². The van der Waals surface area contributed by atoms with Crippen LogP contribution in [0.3, 0.4) is 0 Å². The summed E-state index contributed by atoms with van der Waals surface area (Å²) in [6.07, 6.45) is 45.3. The minimum absolute atomic E-state index is 0.0650. The maximum Gasteiger partial charge on any atom is 0.306 e. The first-order valence-corrected chi connectivity index (χ1v) is 26.6. The van der Waals surface area contributed by atoms with Crippen molar-refractivity contribution in [2.45, 2.75) is 298 Å². The maximum absolute atomic E-state index is 12.8. The van der Waals surface area contributed by atoms with Gasteiger partial charge in [-0.3, -0.25) is 14.4 Å². The van der Waals surface area contributed by atoms with Crippen LogP contribution in [0.1, 0.15) is 292 Å². The van der Waals surface area contributed by atoms with Gasteiger partial charge in [-0.2, -0.15) is 0 Å². The minimum Gasteiger partial charge on any atom is -0.462 e. The van der Waals surface area contributed by atoms with E-state index in [1.807, 2.05) is 0 Å². The van der Waals surface area contributed by atoms with Crippen LogP contribution in [0, 0.1) is 17.8 Å². The Morgan fingerprint density at radius 2 is 0.483 bits per heavy atom. The summed E-state index contributed by atoms with van der Waals surface area (Å²) in [7, 11) is 0. The second-order valence-electron chi connectivity index (χ2n) is 19.9. The van der Waals surface area contributed by atoms with Crippen molar-refractivity contribution in [1.82, 2.24) is 0 Å². The quantitative estimate of drug-likeness (QED) is 0.0345. The second kappa shape index (κ2) is 45.4. The van der Waals surface area contributed by atoms with Crippen LogP contribution >= 0.6 is 0 Å². The highest BCUT2D eigenvalue weighted by Gasteiger charge is 2.19. The van der Waals surface area contributed by atoms with Crippen LogP contribution in [0.15, 0.2) is 0 Å². The molecule has 0 bridgehead atoms. The molecule has 0 aromatic rings. The van der Waals surface area contributed by atoms with Gasteiger partial charge in [-0.25, -0.2) is 0 Å². The molecule has 6 nitrogen and oxygen atoms in total. The molecule has 6 heteroatoms. The van der Waals surface area contributed by atoms with Gasteiger partial charge in [-0.15, -0.1) is 0 Å². The molecule has 0 unspecified atom stereocenters. The van der Waals surface area contributed by atoms with Crippen LogP contribution in [0.25, 0.3) is 0 Å². The zero-order chi connectivity index (χ0) is 44.2. The first-order valence-electron chi connectivity index (χ1n) is 26.6. The van der Waals surface area contributed by atoms with E-state index in [0.29, 0.717) is 19.3 Å². The molecular weight excluding hydrogens is 745 g/mol. The first-order chi connectivity index (χ1) is 29.1. The van der Waals surface area contributed by atoms with Gasteiger partial charge < -0.3 is 14.2 Å². The van der Waals surface area contributed by atoms with E-state index in [1.54, 1.807) is 0 Å². The van der Waals surface area contributed by atoms with Crippen molar-refractivity contribution in [3.05, 3.63) is 0 Å². The molecule has 0 aromatic carbocycles. The third-order valence-electron chi connectivity index (χ3n) is 12.1. The van der Waals surface area contributed by atoms with E-state index in [2.05, 4.69) is 41.5 Å². The number of unbranched alkanes of at least 4 members (excludes halogenated alkanes) is 30. The normalized spacial score (nSPS) is 12.2. The van der Waals surface area contributed by atoms with Gasteiger partial charge in [-0.1, -0.05) is 253 Å². The Morgan fingerprint density at radius 3 is 0.717 bits per heavy atom. The molecule has 0 saturated heterocycles. The van der Waals surface area contributed by atoms with E-state index in [4.69, 9.17) is 14.2 Å². The van der Waals surface area contributed by atoms with Crippen LogP contribution in [-0.2, 0) is 28.6 Å². The van der Waals surface area contributed by atoms with Gasteiger partial charge in [0.15, 0.2) is 6.10 Å². The van der Waals surface area contributed by atoms with Crippen molar-refractivity contribution in [3.63, 3.8) is 0 Å². The standard InChI is InChI=1S/C54H104O6/c1-48(2)40-34-28-22-18-14-10-7-8-12-16-20-24-31-37-43-52(55)58-46-51(47-59-53(56)44-38-32-27-26-30-36-42-50(5)6)60-54(57)45-39-33-25-21-17-13-9-11-15-19-23-29-35-41-49(3)4/h48-51H,7-47H2,1-6H3/t51-/m0/s1. The zero-order valence-corrected chi connectivity index (χ0v) is 41.3. The van der Waals surface area contributed by atoms with Gasteiger partial charge in [-0.05, 0) is 37.0 Å². The van der Waals surface area contributed by atoms with Crippen LogP contribution in [0.2, 0.25) is 0 Å². The third-order valence-corrected chi connectivity index (χ3v) is 12.1. The predicted octanol–water partition coefficient (Wildman–Crippen LogP) is 17.2. The molecule has 0 N–H and O–H groups in total. The van der Waals surface area contributed by atoms with E-state index < -0.39 is 6.10 Å². The molecular formula is C54H104O6. The van der Waals surface area contributed by atoms with Crippen molar-refractivity contribution in [3.8, 4) is 0 Å². The fraction of sp³-hybridized carbons (Fsp3) is 0.944. The van der Waals surface area contributed by atoms with Gasteiger partial charge in [0, 0.05) is 19.3 Å². The fourth-order valence-electron chi connectivity index (χ4n) is 8.12. The van der Waals surface area contributed by atoms with Crippen LogP contribution < -0.4 is 0 Å².